The zero-order chi connectivity index (χ0) is 26.2. The topological polar surface area (TPSA) is 75.9 Å². The van der Waals surface area contributed by atoms with E-state index in [0.717, 1.165) is 34.3 Å². The molecule has 1 aliphatic rings. The molecule has 0 bridgehead atoms. The fourth-order valence-electron chi connectivity index (χ4n) is 4.86. The van der Waals surface area contributed by atoms with Gasteiger partial charge in [0.1, 0.15) is 17.4 Å². The highest BCUT2D eigenvalue weighted by Gasteiger charge is 2.26. The van der Waals surface area contributed by atoms with Crippen LogP contribution in [-0.4, -0.2) is 63.7 Å². The Hall–Kier alpha value is -4.60. The van der Waals surface area contributed by atoms with Gasteiger partial charge >= 0.3 is 0 Å². The molecule has 3 aromatic carbocycles. The van der Waals surface area contributed by atoms with Gasteiger partial charge in [-0.3, -0.25) is 4.79 Å². The minimum absolute atomic E-state index is 0.133. The molecule has 0 N–H and O–H groups in total. The van der Waals surface area contributed by atoms with E-state index in [1.165, 1.54) is 6.07 Å². The van der Waals surface area contributed by atoms with Gasteiger partial charge in [-0.2, -0.15) is 0 Å². The summed E-state index contributed by atoms with van der Waals surface area (Å²) >= 11 is 0. The van der Waals surface area contributed by atoms with Gasteiger partial charge in [0.15, 0.2) is 11.5 Å². The van der Waals surface area contributed by atoms with Gasteiger partial charge in [0.05, 0.1) is 18.2 Å². The molecule has 0 atom stereocenters. The number of halogens is 2. The van der Waals surface area contributed by atoms with Crippen LogP contribution < -0.4 is 9.64 Å². The fraction of sp³-hybridized carbons (Fsp3) is 0.214. The Labute approximate surface area is 217 Å². The second-order valence-electron chi connectivity index (χ2n) is 9.10. The Morgan fingerprint density at radius 1 is 0.921 bits per heavy atom. The number of carbonyl (C=O) groups is 1. The molecule has 192 valence electrons. The average Bonchev–Trinajstić information content (AvgIpc) is 3.24. The summed E-state index contributed by atoms with van der Waals surface area (Å²) in [5, 5.41) is 9.92. The number of ether oxygens (including phenoxy) is 1. The molecule has 0 aliphatic carbocycles. The molecular formula is C28H24F2N6O2. The first-order chi connectivity index (χ1) is 18.5. The molecule has 1 aliphatic heterocycles. The number of benzene rings is 3. The minimum atomic E-state index is -0.859. The van der Waals surface area contributed by atoms with Gasteiger partial charge in [0.2, 0.25) is 5.95 Å². The predicted molar refractivity (Wildman–Crippen MR) is 139 cm³/mol. The SMILES string of the molecule is COc1ccc(-c2nnc3c4ccccc4nc(N4CCCN(C(=O)c5ccc(F)cc5F)CC4)n23)cc1. The summed E-state index contributed by atoms with van der Waals surface area (Å²) < 4.78 is 34.9. The highest BCUT2D eigenvalue weighted by atomic mass is 19.1. The second-order valence-corrected chi connectivity index (χ2v) is 9.10. The summed E-state index contributed by atoms with van der Waals surface area (Å²) in [6, 6.07) is 18.4. The van der Waals surface area contributed by atoms with Crippen LogP contribution in [0.2, 0.25) is 0 Å². The van der Waals surface area contributed by atoms with Crippen LogP contribution in [0.4, 0.5) is 14.7 Å². The maximum Gasteiger partial charge on any atom is 0.256 e. The number of hydrogen-bond donors (Lipinski definition) is 0. The van der Waals surface area contributed by atoms with Crippen LogP contribution >= 0.6 is 0 Å². The quantitative estimate of drug-likeness (QED) is 0.350. The van der Waals surface area contributed by atoms with Gasteiger partial charge < -0.3 is 14.5 Å². The third-order valence-electron chi connectivity index (χ3n) is 6.80. The van der Waals surface area contributed by atoms with Crippen molar-refractivity contribution in [2.45, 2.75) is 6.42 Å². The summed E-state index contributed by atoms with van der Waals surface area (Å²) in [5.74, 6) is 0.0143. The summed E-state index contributed by atoms with van der Waals surface area (Å²) in [7, 11) is 1.62. The van der Waals surface area contributed by atoms with Crippen molar-refractivity contribution >= 4 is 28.4 Å². The Bertz CT molecular complexity index is 1650. The van der Waals surface area contributed by atoms with Crippen molar-refractivity contribution < 1.29 is 18.3 Å². The molecule has 10 heteroatoms. The first-order valence-corrected chi connectivity index (χ1v) is 12.3. The van der Waals surface area contributed by atoms with Crippen molar-refractivity contribution in [1.29, 1.82) is 0 Å². The van der Waals surface area contributed by atoms with Crippen LogP contribution in [0, 0.1) is 11.6 Å². The Kier molecular flexibility index (Phi) is 6.07. The molecular weight excluding hydrogens is 490 g/mol. The smallest absolute Gasteiger partial charge is 0.256 e. The molecule has 0 saturated carbocycles. The van der Waals surface area contributed by atoms with E-state index in [4.69, 9.17) is 9.72 Å². The number of para-hydroxylation sites is 1. The molecule has 5 aromatic rings. The largest absolute Gasteiger partial charge is 0.497 e. The lowest BCUT2D eigenvalue weighted by Crippen LogP contribution is -2.36. The van der Waals surface area contributed by atoms with Crippen molar-refractivity contribution in [3.8, 4) is 17.1 Å². The zero-order valence-electron chi connectivity index (χ0n) is 20.6. The van der Waals surface area contributed by atoms with Crippen LogP contribution in [0.5, 0.6) is 5.75 Å². The van der Waals surface area contributed by atoms with E-state index in [1.807, 2.05) is 52.9 Å². The summed E-state index contributed by atoms with van der Waals surface area (Å²) in [5.41, 5.74) is 2.19. The number of nitrogens with zero attached hydrogens (tertiary/aromatic N) is 6. The summed E-state index contributed by atoms with van der Waals surface area (Å²) in [6.45, 7) is 1.88. The lowest BCUT2D eigenvalue weighted by Gasteiger charge is -2.24. The van der Waals surface area contributed by atoms with Crippen molar-refractivity contribution in [1.82, 2.24) is 24.5 Å². The average molecular weight is 515 g/mol. The number of hydrogen-bond acceptors (Lipinski definition) is 6. The third kappa shape index (κ3) is 4.17. The molecule has 1 amide bonds. The Morgan fingerprint density at radius 3 is 2.53 bits per heavy atom. The monoisotopic (exact) mass is 514 g/mol. The molecule has 0 radical (unpaired) electrons. The number of aromatic nitrogens is 4. The van der Waals surface area contributed by atoms with Crippen molar-refractivity contribution in [2.24, 2.45) is 0 Å². The highest BCUT2D eigenvalue weighted by molar-refractivity contribution is 5.95. The number of methoxy groups -OCH3 is 1. The van der Waals surface area contributed by atoms with E-state index in [-0.39, 0.29) is 5.56 Å². The van der Waals surface area contributed by atoms with Gasteiger partial charge in [-0.15, -0.1) is 10.2 Å². The van der Waals surface area contributed by atoms with Crippen LogP contribution in [0.15, 0.2) is 66.7 Å². The maximum atomic E-state index is 14.3. The molecule has 1 saturated heterocycles. The van der Waals surface area contributed by atoms with Crippen LogP contribution in [-0.2, 0) is 0 Å². The van der Waals surface area contributed by atoms with E-state index < -0.39 is 17.5 Å². The first kappa shape index (κ1) is 23.8. The molecule has 38 heavy (non-hydrogen) atoms. The summed E-state index contributed by atoms with van der Waals surface area (Å²) in [4.78, 5) is 21.8. The lowest BCUT2D eigenvalue weighted by molar-refractivity contribution is 0.0762. The fourth-order valence-corrected chi connectivity index (χ4v) is 4.86. The number of rotatable bonds is 4. The lowest BCUT2D eigenvalue weighted by atomic mass is 10.1. The zero-order valence-corrected chi connectivity index (χ0v) is 20.6. The second kappa shape index (κ2) is 9.70. The van der Waals surface area contributed by atoms with Crippen LogP contribution in [0.1, 0.15) is 16.8 Å². The molecule has 0 spiro atoms. The molecule has 8 nitrogen and oxygen atoms in total. The maximum absolute atomic E-state index is 14.3. The standard InChI is InChI=1S/C28H24F2N6O2/c1-38-20-10-7-18(8-11-20)25-32-33-26-22-5-2-3-6-24(22)31-28(36(25)26)35-14-4-13-34(15-16-35)27(37)21-12-9-19(29)17-23(21)30/h2-3,5-12,17H,4,13-16H2,1H3. The number of anilines is 1. The number of carbonyl (C=O) groups excluding carboxylic acids is 1. The summed E-state index contributed by atoms with van der Waals surface area (Å²) in [6.07, 6.45) is 0.643. The molecule has 2 aromatic heterocycles. The van der Waals surface area contributed by atoms with Gasteiger partial charge in [-0.1, -0.05) is 12.1 Å². The van der Waals surface area contributed by atoms with Crippen LogP contribution in [0.25, 0.3) is 27.9 Å². The van der Waals surface area contributed by atoms with E-state index in [2.05, 4.69) is 15.1 Å². The Balaban J connectivity index is 1.38. The van der Waals surface area contributed by atoms with Crippen molar-refractivity contribution in [2.75, 3.05) is 38.2 Å². The predicted octanol–water partition coefficient (Wildman–Crippen LogP) is 4.58. The molecule has 6 rings (SSSR count). The normalized spacial score (nSPS) is 14.2. The van der Waals surface area contributed by atoms with E-state index in [9.17, 15) is 13.6 Å². The van der Waals surface area contributed by atoms with E-state index >= 15 is 0 Å². The van der Waals surface area contributed by atoms with Crippen molar-refractivity contribution in [3.05, 3.63) is 83.9 Å². The molecule has 3 heterocycles. The van der Waals surface area contributed by atoms with Crippen molar-refractivity contribution in [3.63, 3.8) is 0 Å². The number of amides is 1. The van der Waals surface area contributed by atoms with Gasteiger partial charge in [-0.05, 0) is 55.0 Å². The minimum Gasteiger partial charge on any atom is -0.497 e. The van der Waals surface area contributed by atoms with E-state index in [1.54, 1.807) is 12.0 Å². The van der Waals surface area contributed by atoms with E-state index in [0.29, 0.717) is 50.0 Å². The van der Waals surface area contributed by atoms with Crippen LogP contribution in [0.3, 0.4) is 0 Å². The molecule has 1 fully saturated rings. The Morgan fingerprint density at radius 2 is 1.74 bits per heavy atom. The highest BCUT2D eigenvalue weighted by Crippen LogP contribution is 2.30. The number of fused-ring (bicyclic) bond motifs is 3. The first-order valence-electron chi connectivity index (χ1n) is 12.3. The third-order valence-corrected chi connectivity index (χ3v) is 6.80. The molecule has 0 unspecified atom stereocenters. The van der Waals surface area contributed by atoms with Gasteiger partial charge in [-0.25, -0.2) is 18.2 Å². The van der Waals surface area contributed by atoms with Gasteiger partial charge in [0.25, 0.3) is 5.91 Å². The van der Waals surface area contributed by atoms with Gasteiger partial charge in [0, 0.05) is 43.2 Å².